The molecule has 0 radical (unpaired) electrons. The van der Waals surface area contributed by atoms with Gasteiger partial charge in [0.05, 0.1) is 18.1 Å². The van der Waals surface area contributed by atoms with Crippen LogP contribution in [0.5, 0.6) is 0 Å². The highest BCUT2D eigenvalue weighted by molar-refractivity contribution is 5.07. The van der Waals surface area contributed by atoms with Gasteiger partial charge in [-0.05, 0) is 0 Å². The summed E-state index contributed by atoms with van der Waals surface area (Å²) in [4.78, 5) is 11.1. The maximum Gasteiger partial charge on any atom is 0.191 e. The van der Waals surface area contributed by atoms with E-state index in [0.717, 1.165) is 11.4 Å². The normalized spacial score (nSPS) is 13.0. The number of nitrogens with zero attached hydrogens (tertiary/aromatic N) is 2. The summed E-state index contributed by atoms with van der Waals surface area (Å²) >= 11 is 0. The van der Waals surface area contributed by atoms with Crippen LogP contribution in [0.25, 0.3) is 0 Å². The molecule has 0 aliphatic rings. The molecule has 2 aromatic rings. The Morgan fingerprint density at radius 1 is 1.64 bits per heavy atom. The molecular formula is C9H12N4O. The molecule has 14 heavy (non-hydrogen) atoms. The van der Waals surface area contributed by atoms with Gasteiger partial charge < -0.3 is 15.1 Å². The molecule has 0 saturated heterocycles. The largest absolute Gasteiger partial charge is 0.449 e. The molecule has 0 bridgehead atoms. The zero-order valence-corrected chi connectivity index (χ0v) is 7.90. The summed E-state index contributed by atoms with van der Waals surface area (Å²) in [5.41, 5.74) is 7.70. The highest BCUT2D eigenvalue weighted by atomic mass is 16.3. The first-order valence-electron chi connectivity index (χ1n) is 4.40. The van der Waals surface area contributed by atoms with Crippen LogP contribution in [0.15, 0.2) is 23.2 Å². The Bertz CT molecular complexity index is 393. The number of nitrogens with one attached hydrogen (secondary N) is 1. The molecule has 5 nitrogen and oxygen atoms in total. The minimum absolute atomic E-state index is 0.145. The lowest BCUT2D eigenvalue weighted by molar-refractivity contribution is 0.519. The van der Waals surface area contributed by atoms with E-state index >= 15 is 0 Å². The highest BCUT2D eigenvalue weighted by Gasteiger charge is 2.11. The van der Waals surface area contributed by atoms with Crippen LogP contribution in [-0.2, 0) is 6.42 Å². The van der Waals surface area contributed by atoms with Gasteiger partial charge in [-0.1, -0.05) is 0 Å². The summed E-state index contributed by atoms with van der Waals surface area (Å²) in [6.07, 6.45) is 5.67. The van der Waals surface area contributed by atoms with E-state index < -0.39 is 0 Å². The Morgan fingerprint density at radius 3 is 3.07 bits per heavy atom. The number of H-pyrrole nitrogens is 1. The van der Waals surface area contributed by atoms with Gasteiger partial charge in [-0.15, -0.1) is 0 Å². The molecule has 5 heteroatoms. The Morgan fingerprint density at radius 2 is 2.50 bits per heavy atom. The average molecular weight is 192 g/mol. The summed E-state index contributed by atoms with van der Waals surface area (Å²) in [6.45, 7) is 1.80. The van der Waals surface area contributed by atoms with Gasteiger partial charge in [0.25, 0.3) is 0 Å². The topological polar surface area (TPSA) is 80.7 Å². The second kappa shape index (κ2) is 3.63. The molecule has 0 aliphatic carbocycles. The summed E-state index contributed by atoms with van der Waals surface area (Å²) in [6, 6.07) is -0.145. The van der Waals surface area contributed by atoms with E-state index in [9.17, 15) is 0 Å². The minimum Gasteiger partial charge on any atom is -0.449 e. The number of oxazole rings is 1. The predicted molar refractivity (Wildman–Crippen MR) is 50.5 cm³/mol. The molecule has 74 valence electrons. The molecular weight excluding hydrogens is 180 g/mol. The zero-order valence-electron chi connectivity index (χ0n) is 7.90. The van der Waals surface area contributed by atoms with Gasteiger partial charge in [0.15, 0.2) is 5.89 Å². The molecule has 0 aliphatic heterocycles. The summed E-state index contributed by atoms with van der Waals surface area (Å²) in [5, 5.41) is 0. The van der Waals surface area contributed by atoms with Crippen molar-refractivity contribution in [3.8, 4) is 0 Å². The van der Waals surface area contributed by atoms with Crippen LogP contribution in [0.3, 0.4) is 0 Å². The predicted octanol–water partition coefficient (Wildman–Crippen LogP) is 0.949. The van der Waals surface area contributed by atoms with Crippen LogP contribution in [0.2, 0.25) is 0 Å². The maximum absolute atomic E-state index is 5.93. The van der Waals surface area contributed by atoms with Crippen LogP contribution < -0.4 is 5.73 Å². The van der Waals surface area contributed by atoms with Crippen molar-refractivity contribution >= 4 is 0 Å². The molecule has 1 atom stereocenters. The van der Waals surface area contributed by atoms with Crippen molar-refractivity contribution in [1.29, 1.82) is 0 Å². The quantitative estimate of drug-likeness (QED) is 0.758. The fourth-order valence-corrected chi connectivity index (χ4v) is 1.29. The minimum atomic E-state index is -0.145. The van der Waals surface area contributed by atoms with Crippen molar-refractivity contribution in [1.82, 2.24) is 15.0 Å². The van der Waals surface area contributed by atoms with Gasteiger partial charge >= 0.3 is 0 Å². The smallest absolute Gasteiger partial charge is 0.191 e. The fraction of sp³-hybridized carbons (Fsp3) is 0.333. The number of hydrogen-bond donors (Lipinski definition) is 2. The van der Waals surface area contributed by atoms with Crippen LogP contribution >= 0.6 is 0 Å². The monoisotopic (exact) mass is 192 g/mol. The van der Waals surface area contributed by atoms with Crippen LogP contribution in [-0.4, -0.2) is 15.0 Å². The first kappa shape index (κ1) is 8.96. The van der Waals surface area contributed by atoms with Crippen molar-refractivity contribution in [3.05, 3.63) is 36.1 Å². The van der Waals surface area contributed by atoms with Gasteiger partial charge in [-0.3, -0.25) is 0 Å². The van der Waals surface area contributed by atoms with E-state index in [1.807, 2.05) is 0 Å². The lowest BCUT2D eigenvalue weighted by Crippen LogP contribution is -2.13. The van der Waals surface area contributed by atoms with Gasteiger partial charge in [0.2, 0.25) is 0 Å². The Hall–Kier alpha value is -1.62. The zero-order chi connectivity index (χ0) is 9.97. The summed E-state index contributed by atoms with van der Waals surface area (Å²) in [7, 11) is 0. The lowest BCUT2D eigenvalue weighted by atomic mass is 10.1. The van der Waals surface area contributed by atoms with Gasteiger partial charge in [0, 0.05) is 25.2 Å². The third kappa shape index (κ3) is 1.82. The Labute approximate surface area is 81.4 Å². The first-order valence-corrected chi connectivity index (χ1v) is 4.40. The van der Waals surface area contributed by atoms with Gasteiger partial charge in [0.1, 0.15) is 6.26 Å². The molecule has 2 aromatic heterocycles. The number of nitrogens with two attached hydrogens (primary N) is 1. The molecule has 0 unspecified atom stereocenters. The lowest BCUT2D eigenvalue weighted by Gasteiger charge is -2.05. The second-order valence-electron chi connectivity index (χ2n) is 3.18. The van der Waals surface area contributed by atoms with Crippen LogP contribution in [0.4, 0.5) is 0 Å². The first-order chi connectivity index (χ1) is 6.75. The van der Waals surface area contributed by atoms with Crippen LogP contribution in [0, 0.1) is 6.92 Å². The number of imidazole rings is 1. The number of hydrogen-bond acceptors (Lipinski definition) is 4. The molecule has 0 amide bonds. The number of rotatable bonds is 3. The van der Waals surface area contributed by atoms with Crippen LogP contribution in [0.1, 0.15) is 23.3 Å². The molecule has 0 spiro atoms. The fourth-order valence-electron chi connectivity index (χ4n) is 1.29. The molecule has 0 aromatic carbocycles. The van der Waals surface area contributed by atoms with Crippen molar-refractivity contribution in [2.75, 3.05) is 0 Å². The van der Waals surface area contributed by atoms with E-state index in [-0.39, 0.29) is 6.04 Å². The van der Waals surface area contributed by atoms with E-state index in [1.165, 1.54) is 0 Å². The summed E-state index contributed by atoms with van der Waals surface area (Å²) in [5.74, 6) is 0.639. The van der Waals surface area contributed by atoms with Crippen molar-refractivity contribution < 1.29 is 4.42 Å². The summed E-state index contributed by atoms with van der Waals surface area (Å²) < 4.78 is 5.09. The van der Waals surface area contributed by atoms with Crippen molar-refractivity contribution in [2.24, 2.45) is 5.73 Å². The Balaban J connectivity index is 2.06. The van der Waals surface area contributed by atoms with E-state index in [0.29, 0.717) is 12.3 Å². The Kier molecular flexibility index (Phi) is 2.32. The molecule has 2 heterocycles. The average Bonchev–Trinajstić information content (AvgIpc) is 2.75. The third-order valence-electron chi connectivity index (χ3n) is 2.01. The van der Waals surface area contributed by atoms with E-state index in [1.54, 1.807) is 25.7 Å². The third-order valence-corrected chi connectivity index (χ3v) is 2.01. The molecule has 3 N–H and O–H groups in total. The maximum atomic E-state index is 5.93. The van der Waals surface area contributed by atoms with Gasteiger partial charge in [-0.2, -0.15) is 0 Å². The van der Waals surface area contributed by atoms with E-state index in [2.05, 4.69) is 15.0 Å². The number of aromatic amines is 1. The van der Waals surface area contributed by atoms with E-state index in [4.69, 9.17) is 10.2 Å². The molecule has 0 fully saturated rings. The molecule has 0 saturated carbocycles. The van der Waals surface area contributed by atoms with Crippen molar-refractivity contribution in [3.63, 3.8) is 0 Å². The molecule has 2 rings (SSSR count). The standard InChI is InChI=1S/C9H12N4O/c1-6-13-9(4-14-6)8(10)2-7-3-11-5-12-7/h3-5,8H,2,10H2,1H3,(H,11,12)/t8-/m0/s1. The van der Waals surface area contributed by atoms with Crippen molar-refractivity contribution in [2.45, 2.75) is 19.4 Å². The highest BCUT2D eigenvalue weighted by Crippen LogP contribution is 2.13. The number of aromatic nitrogens is 3. The van der Waals surface area contributed by atoms with Gasteiger partial charge in [-0.25, -0.2) is 9.97 Å². The second-order valence-corrected chi connectivity index (χ2v) is 3.18. The SMILES string of the molecule is Cc1nc([C@@H](N)Cc2cnc[nH]2)co1. The number of aryl methyl sites for hydroxylation is 1.